The first-order chi connectivity index (χ1) is 13.8. The standard InChI is InChI=1S/C20H18N2O4S3/c1-11-6-15-16(26-10-25-15)8-14(11)12-4-3-5-13(7-12)29(23,24)18-9-17(19(21)22)28-20(18)27-2/h3-9H,10H2,1-2H3,(H3,21,22). The summed E-state index contributed by atoms with van der Waals surface area (Å²) in [5.41, 5.74) is 8.18. The van der Waals surface area contributed by atoms with Gasteiger partial charge in [-0.1, -0.05) is 12.1 Å². The van der Waals surface area contributed by atoms with Gasteiger partial charge in [0.25, 0.3) is 0 Å². The lowest BCUT2D eigenvalue weighted by Crippen LogP contribution is -2.08. The van der Waals surface area contributed by atoms with Gasteiger partial charge in [0.1, 0.15) is 5.84 Å². The van der Waals surface area contributed by atoms with E-state index in [0.29, 0.717) is 20.6 Å². The number of hydrogen-bond donors (Lipinski definition) is 2. The first-order valence-electron chi connectivity index (χ1n) is 8.59. The zero-order valence-electron chi connectivity index (χ0n) is 15.7. The van der Waals surface area contributed by atoms with Crippen LogP contribution in [0.2, 0.25) is 0 Å². The van der Waals surface area contributed by atoms with Crippen LogP contribution in [-0.4, -0.2) is 27.3 Å². The smallest absolute Gasteiger partial charge is 0.231 e. The first kappa shape index (κ1) is 19.8. The number of nitrogen functional groups attached to an aromatic ring is 1. The monoisotopic (exact) mass is 446 g/mol. The number of nitrogens with two attached hydrogens (primary N) is 1. The normalized spacial score (nSPS) is 12.9. The molecule has 0 bridgehead atoms. The molecule has 0 aliphatic carbocycles. The summed E-state index contributed by atoms with van der Waals surface area (Å²) in [5.74, 6) is 1.19. The fourth-order valence-corrected chi connectivity index (χ4v) is 7.04. The van der Waals surface area contributed by atoms with E-state index >= 15 is 0 Å². The van der Waals surface area contributed by atoms with Crippen LogP contribution in [-0.2, 0) is 9.84 Å². The molecule has 1 aliphatic rings. The molecule has 2 aromatic carbocycles. The Balaban J connectivity index is 1.81. The van der Waals surface area contributed by atoms with Gasteiger partial charge in [-0.15, -0.1) is 23.1 Å². The lowest BCUT2D eigenvalue weighted by atomic mass is 10.00. The van der Waals surface area contributed by atoms with Gasteiger partial charge < -0.3 is 15.2 Å². The molecular formula is C20H18N2O4S3. The summed E-state index contributed by atoms with van der Waals surface area (Å²) in [4.78, 5) is 0.811. The van der Waals surface area contributed by atoms with Gasteiger partial charge in [-0.3, -0.25) is 5.41 Å². The number of aryl methyl sites for hydroxylation is 1. The minimum Gasteiger partial charge on any atom is -0.454 e. The van der Waals surface area contributed by atoms with Crippen molar-refractivity contribution in [2.24, 2.45) is 5.73 Å². The fourth-order valence-electron chi connectivity index (χ4n) is 3.13. The van der Waals surface area contributed by atoms with Crippen molar-refractivity contribution in [3.05, 3.63) is 52.9 Å². The van der Waals surface area contributed by atoms with Crippen molar-refractivity contribution in [3.63, 3.8) is 0 Å². The number of sulfone groups is 1. The third-order valence-corrected chi connectivity index (χ3v) is 8.92. The van der Waals surface area contributed by atoms with Crippen molar-refractivity contribution in [1.82, 2.24) is 0 Å². The van der Waals surface area contributed by atoms with Crippen molar-refractivity contribution >= 4 is 38.8 Å². The summed E-state index contributed by atoms with van der Waals surface area (Å²) in [7, 11) is -3.77. The largest absolute Gasteiger partial charge is 0.454 e. The second-order valence-corrected chi connectivity index (χ2v) is 10.5. The Morgan fingerprint density at radius 1 is 1.17 bits per heavy atom. The van der Waals surface area contributed by atoms with Gasteiger partial charge >= 0.3 is 0 Å². The molecule has 0 atom stereocenters. The molecule has 0 saturated heterocycles. The van der Waals surface area contributed by atoms with E-state index in [2.05, 4.69) is 0 Å². The number of amidine groups is 1. The Morgan fingerprint density at radius 3 is 2.59 bits per heavy atom. The van der Waals surface area contributed by atoms with Crippen LogP contribution in [0.15, 0.2) is 56.5 Å². The number of rotatable bonds is 5. The van der Waals surface area contributed by atoms with Gasteiger partial charge in [0.15, 0.2) is 11.5 Å². The van der Waals surface area contributed by atoms with E-state index in [-0.39, 0.29) is 22.4 Å². The van der Waals surface area contributed by atoms with E-state index < -0.39 is 9.84 Å². The molecule has 2 heterocycles. The Morgan fingerprint density at radius 2 is 1.90 bits per heavy atom. The number of fused-ring (bicyclic) bond motifs is 1. The molecule has 0 fully saturated rings. The van der Waals surface area contributed by atoms with E-state index in [1.165, 1.54) is 29.2 Å². The summed E-state index contributed by atoms with van der Waals surface area (Å²) in [5, 5.41) is 7.62. The average Bonchev–Trinajstić information content (AvgIpc) is 3.34. The lowest BCUT2D eigenvalue weighted by Gasteiger charge is -2.10. The fraction of sp³-hybridized carbons (Fsp3) is 0.150. The molecule has 3 N–H and O–H groups in total. The van der Waals surface area contributed by atoms with E-state index in [9.17, 15) is 8.42 Å². The second kappa shape index (κ2) is 7.40. The van der Waals surface area contributed by atoms with Crippen LogP contribution in [0.5, 0.6) is 11.5 Å². The number of benzene rings is 2. The van der Waals surface area contributed by atoms with Crippen molar-refractivity contribution in [1.29, 1.82) is 5.41 Å². The number of thioether (sulfide) groups is 1. The number of nitrogens with one attached hydrogen (secondary N) is 1. The number of ether oxygens (including phenoxy) is 2. The average molecular weight is 447 g/mol. The van der Waals surface area contributed by atoms with Gasteiger partial charge in [0.2, 0.25) is 16.6 Å². The van der Waals surface area contributed by atoms with E-state index in [1.54, 1.807) is 24.5 Å². The van der Waals surface area contributed by atoms with Crippen LogP contribution < -0.4 is 15.2 Å². The molecule has 29 heavy (non-hydrogen) atoms. The molecular weight excluding hydrogens is 428 g/mol. The highest BCUT2D eigenvalue weighted by atomic mass is 32.2. The van der Waals surface area contributed by atoms with Crippen LogP contribution >= 0.6 is 23.1 Å². The molecule has 4 rings (SSSR count). The van der Waals surface area contributed by atoms with Crippen LogP contribution in [0.25, 0.3) is 11.1 Å². The summed E-state index contributed by atoms with van der Waals surface area (Å²) >= 11 is 2.54. The summed E-state index contributed by atoms with van der Waals surface area (Å²) in [6, 6.07) is 12.1. The molecule has 150 valence electrons. The number of thiophene rings is 1. The van der Waals surface area contributed by atoms with E-state index in [4.69, 9.17) is 20.6 Å². The van der Waals surface area contributed by atoms with Crippen molar-refractivity contribution in [3.8, 4) is 22.6 Å². The van der Waals surface area contributed by atoms with Crippen LogP contribution in [0.4, 0.5) is 0 Å². The third kappa shape index (κ3) is 3.50. The van der Waals surface area contributed by atoms with Crippen molar-refractivity contribution in [2.75, 3.05) is 13.0 Å². The Bertz CT molecular complexity index is 1230. The summed E-state index contributed by atoms with van der Waals surface area (Å²) in [6.45, 7) is 2.13. The molecule has 1 aromatic heterocycles. The molecule has 3 aromatic rings. The highest BCUT2D eigenvalue weighted by molar-refractivity contribution is 8.01. The molecule has 0 saturated carbocycles. The maximum absolute atomic E-state index is 13.3. The van der Waals surface area contributed by atoms with Gasteiger partial charge in [-0.2, -0.15) is 0 Å². The Labute approximate surface area is 177 Å². The molecule has 6 nitrogen and oxygen atoms in total. The zero-order chi connectivity index (χ0) is 20.8. The quantitative estimate of drug-likeness (QED) is 0.344. The molecule has 0 radical (unpaired) electrons. The van der Waals surface area contributed by atoms with Gasteiger partial charge in [0, 0.05) is 0 Å². The highest BCUT2D eigenvalue weighted by Crippen LogP contribution is 2.40. The van der Waals surface area contributed by atoms with Gasteiger partial charge in [-0.25, -0.2) is 8.42 Å². The highest BCUT2D eigenvalue weighted by Gasteiger charge is 2.25. The molecule has 1 aliphatic heterocycles. The molecule has 9 heteroatoms. The Hall–Kier alpha value is -2.49. The molecule has 0 amide bonds. The second-order valence-electron chi connectivity index (χ2n) is 6.43. The SMILES string of the molecule is CSc1sc(C(=N)N)cc1S(=O)(=O)c1cccc(-c2cc3c(cc2C)OCO3)c1. The van der Waals surface area contributed by atoms with Crippen molar-refractivity contribution < 1.29 is 17.9 Å². The topological polar surface area (TPSA) is 102 Å². The lowest BCUT2D eigenvalue weighted by molar-refractivity contribution is 0.174. The predicted molar refractivity (Wildman–Crippen MR) is 115 cm³/mol. The van der Waals surface area contributed by atoms with Crippen LogP contribution in [0, 0.1) is 12.3 Å². The minimum atomic E-state index is -3.77. The number of hydrogen-bond acceptors (Lipinski definition) is 7. The van der Waals surface area contributed by atoms with Crippen LogP contribution in [0.1, 0.15) is 10.4 Å². The first-order valence-corrected chi connectivity index (χ1v) is 12.1. The third-order valence-electron chi connectivity index (χ3n) is 4.58. The minimum absolute atomic E-state index is 0.142. The van der Waals surface area contributed by atoms with Crippen LogP contribution in [0.3, 0.4) is 0 Å². The molecule has 0 unspecified atom stereocenters. The zero-order valence-corrected chi connectivity index (χ0v) is 18.1. The summed E-state index contributed by atoms with van der Waals surface area (Å²) < 4.78 is 38.2. The Kier molecular flexibility index (Phi) is 5.05. The predicted octanol–water partition coefficient (Wildman–Crippen LogP) is 4.29. The van der Waals surface area contributed by atoms with E-state index in [1.807, 2.05) is 25.1 Å². The van der Waals surface area contributed by atoms with Gasteiger partial charge in [0.05, 0.1) is 18.9 Å². The maximum Gasteiger partial charge on any atom is 0.231 e. The maximum atomic E-state index is 13.3. The molecule has 0 spiro atoms. The van der Waals surface area contributed by atoms with Crippen molar-refractivity contribution in [2.45, 2.75) is 20.9 Å². The van der Waals surface area contributed by atoms with E-state index in [0.717, 1.165) is 16.7 Å². The summed E-state index contributed by atoms with van der Waals surface area (Å²) in [6.07, 6.45) is 1.81. The van der Waals surface area contributed by atoms with Gasteiger partial charge in [-0.05, 0) is 60.2 Å².